The summed E-state index contributed by atoms with van der Waals surface area (Å²) in [6.07, 6.45) is 2.82. The Bertz CT molecular complexity index is 1020. The molecule has 2 aromatic carbocycles. The fraction of sp³-hybridized carbons (Fsp3) is 0.208. The molecule has 0 radical (unpaired) electrons. The summed E-state index contributed by atoms with van der Waals surface area (Å²) in [5.74, 6) is -0.228. The number of benzene rings is 2. The van der Waals surface area contributed by atoms with E-state index in [0.717, 1.165) is 17.7 Å². The number of nitrogens with zero attached hydrogens (tertiary/aromatic N) is 2. The Morgan fingerprint density at radius 2 is 1.72 bits per heavy atom. The van der Waals surface area contributed by atoms with Crippen LogP contribution in [-0.2, 0) is 17.8 Å². The van der Waals surface area contributed by atoms with Crippen molar-refractivity contribution >= 4 is 17.5 Å². The quantitative estimate of drug-likeness (QED) is 0.696. The Hall–Kier alpha value is -3.47. The molecular formula is C24H23N3O2. The highest BCUT2D eigenvalue weighted by Crippen LogP contribution is 2.38. The van der Waals surface area contributed by atoms with Gasteiger partial charge in [0.2, 0.25) is 5.91 Å². The number of rotatable bonds is 6. The Morgan fingerprint density at radius 3 is 2.45 bits per heavy atom. The molecule has 4 rings (SSSR count). The van der Waals surface area contributed by atoms with Crippen LogP contribution in [0.2, 0.25) is 0 Å². The molecule has 5 nitrogen and oxygen atoms in total. The number of carbonyl (C=O) groups is 2. The first-order valence-corrected chi connectivity index (χ1v) is 9.85. The number of pyridine rings is 1. The van der Waals surface area contributed by atoms with Gasteiger partial charge in [-0.2, -0.15) is 0 Å². The van der Waals surface area contributed by atoms with Crippen LogP contribution < -0.4 is 10.2 Å². The number of carbonyl (C=O) groups excluding carboxylic acids is 2. The van der Waals surface area contributed by atoms with E-state index in [1.54, 1.807) is 23.2 Å². The third-order valence-electron chi connectivity index (χ3n) is 5.25. The highest BCUT2D eigenvalue weighted by Gasteiger charge is 2.39. The first kappa shape index (κ1) is 18.9. The van der Waals surface area contributed by atoms with E-state index in [4.69, 9.17) is 0 Å². The van der Waals surface area contributed by atoms with E-state index in [9.17, 15) is 9.59 Å². The number of para-hydroxylation sites is 1. The molecule has 2 heterocycles. The van der Waals surface area contributed by atoms with Crippen LogP contribution in [-0.4, -0.2) is 16.8 Å². The smallest absolute Gasteiger partial charge is 0.260 e. The molecule has 3 aromatic rings. The Labute approximate surface area is 170 Å². The summed E-state index contributed by atoms with van der Waals surface area (Å²) in [4.78, 5) is 31.8. The zero-order chi connectivity index (χ0) is 20.2. The molecule has 0 aliphatic carbocycles. The van der Waals surface area contributed by atoms with Gasteiger partial charge in [0.1, 0.15) is 0 Å². The van der Waals surface area contributed by atoms with Crippen LogP contribution in [0, 0.1) is 0 Å². The standard InChI is InChI=1S/C24H23N3O2/c1-2-17-10-12-18(13-11-17)16-26-22(28)15-21-23-20(9-6-14-25-23)24(29)27(21)19-7-4-3-5-8-19/h3-14,21H,2,15-16H2,1H3,(H,26,28). The zero-order valence-corrected chi connectivity index (χ0v) is 16.3. The maximum Gasteiger partial charge on any atom is 0.260 e. The lowest BCUT2D eigenvalue weighted by Gasteiger charge is -2.24. The van der Waals surface area contributed by atoms with Crippen LogP contribution in [0.25, 0.3) is 0 Å². The van der Waals surface area contributed by atoms with E-state index < -0.39 is 6.04 Å². The summed E-state index contributed by atoms with van der Waals surface area (Å²) in [5, 5.41) is 2.98. The number of hydrogen-bond donors (Lipinski definition) is 1. The number of nitrogens with one attached hydrogen (secondary N) is 1. The van der Waals surface area contributed by atoms with Gasteiger partial charge in [-0.1, -0.05) is 49.4 Å². The average molecular weight is 385 g/mol. The third-order valence-corrected chi connectivity index (χ3v) is 5.25. The normalized spacial score (nSPS) is 15.3. The van der Waals surface area contributed by atoms with Crippen LogP contribution in [0.4, 0.5) is 5.69 Å². The van der Waals surface area contributed by atoms with Gasteiger partial charge in [0.25, 0.3) is 5.91 Å². The van der Waals surface area contributed by atoms with Crippen molar-refractivity contribution < 1.29 is 9.59 Å². The minimum Gasteiger partial charge on any atom is -0.352 e. The molecular weight excluding hydrogens is 362 g/mol. The van der Waals surface area contributed by atoms with Crippen LogP contribution in [0.15, 0.2) is 72.9 Å². The van der Waals surface area contributed by atoms with Crippen molar-refractivity contribution in [1.82, 2.24) is 10.3 Å². The average Bonchev–Trinajstić information content (AvgIpc) is 3.05. The summed E-state index contributed by atoms with van der Waals surface area (Å²) in [6.45, 7) is 2.58. The summed E-state index contributed by atoms with van der Waals surface area (Å²) >= 11 is 0. The molecule has 5 heteroatoms. The summed E-state index contributed by atoms with van der Waals surface area (Å²) in [5.41, 5.74) is 4.30. The van der Waals surface area contributed by atoms with Crippen molar-refractivity contribution in [3.8, 4) is 0 Å². The molecule has 146 valence electrons. The second kappa shape index (κ2) is 8.27. The van der Waals surface area contributed by atoms with Gasteiger partial charge in [0.15, 0.2) is 0 Å². The number of fused-ring (bicyclic) bond motifs is 1. The van der Waals surface area contributed by atoms with Gasteiger partial charge < -0.3 is 5.32 Å². The van der Waals surface area contributed by atoms with Gasteiger partial charge in [0.05, 0.1) is 23.7 Å². The minimum absolute atomic E-state index is 0.109. The van der Waals surface area contributed by atoms with Crippen molar-refractivity contribution in [2.45, 2.75) is 32.4 Å². The second-order valence-corrected chi connectivity index (χ2v) is 7.11. The zero-order valence-electron chi connectivity index (χ0n) is 16.3. The van der Waals surface area contributed by atoms with Gasteiger partial charge in [-0.05, 0) is 41.8 Å². The monoisotopic (exact) mass is 385 g/mol. The molecule has 0 bridgehead atoms. The maximum absolute atomic E-state index is 13.0. The molecule has 0 spiro atoms. The van der Waals surface area contributed by atoms with Crippen LogP contribution >= 0.6 is 0 Å². The van der Waals surface area contributed by atoms with Crippen LogP contribution in [0.1, 0.15) is 46.6 Å². The second-order valence-electron chi connectivity index (χ2n) is 7.11. The summed E-state index contributed by atoms with van der Waals surface area (Å²) < 4.78 is 0. The van der Waals surface area contributed by atoms with Crippen molar-refractivity contribution in [2.24, 2.45) is 0 Å². The highest BCUT2D eigenvalue weighted by molar-refractivity contribution is 6.11. The molecule has 0 saturated carbocycles. The lowest BCUT2D eigenvalue weighted by atomic mass is 10.1. The molecule has 2 amide bonds. The van der Waals surface area contributed by atoms with E-state index in [2.05, 4.69) is 29.4 Å². The maximum atomic E-state index is 13.0. The van der Waals surface area contributed by atoms with Crippen molar-refractivity contribution in [3.05, 3.63) is 95.3 Å². The lowest BCUT2D eigenvalue weighted by molar-refractivity contribution is -0.121. The summed E-state index contributed by atoms with van der Waals surface area (Å²) in [6, 6.07) is 20.8. The number of aryl methyl sites for hydroxylation is 1. The molecule has 1 atom stereocenters. The van der Waals surface area contributed by atoms with Crippen molar-refractivity contribution in [2.75, 3.05) is 4.90 Å². The Morgan fingerprint density at radius 1 is 1.00 bits per heavy atom. The molecule has 29 heavy (non-hydrogen) atoms. The topological polar surface area (TPSA) is 62.3 Å². The third kappa shape index (κ3) is 3.90. The molecule has 1 unspecified atom stereocenters. The van der Waals surface area contributed by atoms with Crippen molar-refractivity contribution in [3.63, 3.8) is 0 Å². The highest BCUT2D eigenvalue weighted by atomic mass is 16.2. The fourth-order valence-corrected chi connectivity index (χ4v) is 3.67. The number of aromatic nitrogens is 1. The first-order valence-electron chi connectivity index (χ1n) is 9.85. The van der Waals surface area contributed by atoms with Gasteiger partial charge in [-0.15, -0.1) is 0 Å². The molecule has 1 N–H and O–H groups in total. The van der Waals surface area contributed by atoms with Gasteiger partial charge in [-0.3, -0.25) is 19.5 Å². The van der Waals surface area contributed by atoms with Gasteiger partial charge in [-0.25, -0.2) is 0 Å². The summed E-state index contributed by atoms with van der Waals surface area (Å²) in [7, 11) is 0. The minimum atomic E-state index is -0.413. The lowest BCUT2D eigenvalue weighted by Crippen LogP contribution is -2.32. The van der Waals surface area contributed by atoms with E-state index in [0.29, 0.717) is 17.8 Å². The van der Waals surface area contributed by atoms with Crippen LogP contribution in [0.3, 0.4) is 0 Å². The predicted octanol–water partition coefficient (Wildman–Crippen LogP) is 4.05. The molecule has 0 fully saturated rings. The number of anilines is 1. The number of hydrogen-bond acceptors (Lipinski definition) is 3. The fourth-order valence-electron chi connectivity index (χ4n) is 3.67. The van der Waals surface area contributed by atoms with E-state index in [1.807, 2.05) is 42.5 Å². The van der Waals surface area contributed by atoms with E-state index in [1.165, 1.54) is 5.56 Å². The largest absolute Gasteiger partial charge is 0.352 e. The molecule has 1 aromatic heterocycles. The van der Waals surface area contributed by atoms with Gasteiger partial charge >= 0.3 is 0 Å². The van der Waals surface area contributed by atoms with Crippen LogP contribution in [0.5, 0.6) is 0 Å². The molecule has 0 saturated heterocycles. The van der Waals surface area contributed by atoms with E-state index in [-0.39, 0.29) is 18.2 Å². The Kier molecular flexibility index (Phi) is 5.38. The number of amides is 2. The molecule has 1 aliphatic rings. The van der Waals surface area contributed by atoms with Crippen molar-refractivity contribution in [1.29, 1.82) is 0 Å². The predicted molar refractivity (Wildman–Crippen MR) is 113 cm³/mol. The molecule has 1 aliphatic heterocycles. The Balaban J connectivity index is 1.51. The SMILES string of the molecule is CCc1ccc(CNC(=O)CC2c3ncccc3C(=O)N2c2ccccc2)cc1. The van der Waals surface area contributed by atoms with E-state index >= 15 is 0 Å². The van der Waals surface area contributed by atoms with Gasteiger partial charge in [0, 0.05) is 18.4 Å². The first-order chi connectivity index (χ1) is 14.2.